The molecule has 4 nitrogen and oxygen atoms in total. The number of fused-ring (bicyclic) bond motifs is 1. The van der Waals surface area contributed by atoms with E-state index < -0.39 is 10.0 Å². The fraction of sp³-hybridized carbons (Fsp3) is 0.400. The van der Waals surface area contributed by atoms with Crippen molar-refractivity contribution in [1.82, 2.24) is 9.21 Å². The summed E-state index contributed by atoms with van der Waals surface area (Å²) < 4.78 is 27.6. The van der Waals surface area contributed by atoms with Crippen LogP contribution in [0.4, 0.5) is 0 Å². The predicted molar refractivity (Wildman–Crippen MR) is 104 cm³/mol. The number of hydrogen-bond donors (Lipinski definition) is 0. The quantitative estimate of drug-likeness (QED) is 0.804. The number of rotatable bonds is 3. The number of nitrogens with zero attached hydrogens (tertiary/aromatic N) is 2. The van der Waals surface area contributed by atoms with Gasteiger partial charge in [-0.2, -0.15) is 4.31 Å². The molecule has 2 heterocycles. The molecule has 4 rings (SSSR count). The van der Waals surface area contributed by atoms with Gasteiger partial charge in [0.15, 0.2) is 0 Å². The highest BCUT2D eigenvalue weighted by atomic mass is 35.5. The van der Waals surface area contributed by atoms with Crippen molar-refractivity contribution in [3.63, 3.8) is 0 Å². The van der Waals surface area contributed by atoms with Crippen LogP contribution in [-0.4, -0.2) is 43.3 Å². The Bertz CT molecular complexity index is 883. The van der Waals surface area contributed by atoms with Gasteiger partial charge in [0.2, 0.25) is 10.0 Å². The predicted octanol–water partition coefficient (Wildman–Crippen LogP) is 3.55. The van der Waals surface area contributed by atoms with Gasteiger partial charge in [0.05, 0.1) is 4.90 Å². The van der Waals surface area contributed by atoms with Gasteiger partial charge < -0.3 is 0 Å². The van der Waals surface area contributed by atoms with E-state index in [0.717, 1.165) is 32.4 Å². The van der Waals surface area contributed by atoms with Crippen molar-refractivity contribution in [2.24, 2.45) is 0 Å². The summed E-state index contributed by atoms with van der Waals surface area (Å²) in [7, 11) is -3.46. The van der Waals surface area contributed by atoms with E-state index in [9.17, 15) is 8.42 Å². The Hall–Kier alpha value is -1.40. The van der Waals surface area contributed by atoms with Gasteiger partial charge in [0, 0.05) is 37.2 Å². The molecule has 0 amide bonds. The fourth-order valence-corrected chi connectivity index (χ4v) is 5.66. The van der Waals surface area contributed by atoms with Crippen molar-refractivity contribution in [3.05, 3.63) is 64.7 Å². The third-order valence-corrected chi connectivity index (χ3v) is 7.62. The summed E-state index contributed by atoms with van der Waals surface area (Å²) >= 11 is 5.90. The summed E-state index contributed by atoms with van der Waals surface area (Å²) in [5.74, 6) is 0. The summed E-state index contributed by atoms with van der Waals surface area (Å²) in [5.41, 5.74) is 2.79. The van der Waals surface area contributed by atoms with Crippen molar-refractivity contribution >= 4 is 21.6 Å². The zero-order chi connectivity index (χ0) is 18.1. The zero-order valence-electron chi connectivity index (χ0n) is 14.6. The van der Waals surface area contributed by atoms with Gasteiger partial charge in [0.1, 0.15) is 0 Å². The molecule has 0 bridgehead atoms. The van der Waals surface area contributed by atoms with Crippen molar-refractivity contribution in [3.8, 4) is 0 Å². The van der Waals surface area contributed by atoms with Gasteiger partial charge in [-0.3, -0.25) is 4.90 Å². The lowest BCUT2D eigenvalue weighted by atomic mass is 9.96. The van der Waals surface area contributed by atoms with Crippen molar-refractivity contribution in [2.75, 3.05) is 19.6 Å². The van der Waals surface area contributed by atoms with Crippen LogP contribution in [0.1, 0.15) is 24.0 Å². The number of halogens is 1. The number of hydrogen-bond acceptors (Lipinski definition) is 3. The highest BCUT2D eigenvalue weighted by Gasteiger charge is 2.33. The van der Waals surface area contributed by atoms with Crippen LogP contribution in [0.25, 0.3) is 0 Å². The molecule has 0 unspecified atom stereocenters. The Morgan fingerprint density at radius 3 is 2.46 bits per heavy atom. The SMILES string of the molecule is O=S(=O)(c1ccc(Cl)cc1)N1CCC[C@H](N2CCc3ccccc3C2)C1. The van der Waals surface area contributed by atoms with Gasteiger partial charge in [-0.25, -0.2) is 8.42 Å². The van der Waals surface area contributed by atoms with Crippen LogP contribution in [0, 0.1) is 0 Å². The Morgan fingerprint density at radius 2 is 1.69 bits per heavy atom. The normalized spacial score (nSPS) is 22.1. The van der Waals surface area contributed by atoms with E-state index in [1.54, 1.807) is 28.6 Å². The minimum absolute atomic E-state index is 0.277. The van der Waals surface area contributed by atoms with Crippen molar-refractivity contribution in [2.45, 2.75) is 36.7 Å². The highest BCUT2D eigenvalue weighted by Crippen LogP contribution is 2.27. The molecule has 0 spiro atoms. The second kappa shape index (κ2) is 7.31. The van der Waals surface area contributed by atoms with Crippen LogP contribution < -0.4 is 0 Å². The van der Waals surface area contributed by atoms with E-state index in [1.165, 1.54) is 11.1 Å². The number of piperidine rings is 1. The van der Waals surface area contributed by atoms with E-state index in [1.807, 2.05) is 0 Å². The third-order valence-electron chi connectivity index (χ3n) is 5.49. The Balaban J connectivity index is 1.50. The average Bonchev–Trinajstić information content (AvgIpc) is 2.68. The highest BCUT2D eigenvalue weighted by molar-refractivity contribution is 7.89. The average molecular weight is 391 g/mol. The molecule has 0 aliphatic carbocycles. The van der Waals surface area contributed by atoms with Crippen LogP contribution in [0.2, 0.25) is 5.02 Å². The lowest BCUT2D eigenvalue weighted by Crippen LogP contribution is -2.50. The lowest BCUT2D eigenvalue weighted by Gasteiger charge is -2.41. The molecule has 6 heteroatoms. The van der Waals surface area contributed by atoms with Crippen LogP contribution >= 0.6 is 11.6 Å². The van der Waals surface area contributed by atoms with Crippen LogP contribution in [-0.2, 0) is 23.0 Å². The topological polar surface area (TPSA) is 40.6 Å². The molecule has 0 saturated carbocycles. The van der Waals surface area contributed by atoms with E-state index in [-0.39, 0.29) is 6.04 Å². The Labute approximate surface area is 160 Å². The molecule has 138 valence electrons. The van der Waals surface area contributed by atoms with Crippen molar-refractivity contribution < 1.29 is 8.42 Å². The molecule has 0 N–H and O–H groups in total. The third kappa shape index (κ3) is 3.54. The first-order valence-corrected chi connectivity index (χ1v) is 10.9. The zero-order valence-corrected chi connectivity index (χ0v) is 16.2. The van der Waals surface area contributed by atoms with Crippen molar-refractivity contribution in [1.29, 1.82) is 0 Å². The molecule has 2 aromatic rings. The summed E-state index contributed by atoms with van der Waals surface area (Å²) in [6.45, 7) is 3.06. The summed E-state index contributed by atoms with van der Waals surface area (Å²) in [6, 6.07) is 15.3. The first kappa shape index (κ1) is 18.0. The maximum Gasteiger partial charge on any atom is 0.243 e. The number of sulfonamides is 1. The monoisotopic (exact) mass is 390 g/mol. The molecular formula is C20H23ClN2O2S. The van der Waals surface area contributed by atoms with Crippen LogP contribution in [0.5, 0.6) is 0 Å². The maximum absolute atomic E-state index is 13.0. The largest absolute Gasteiger partial charge is 0.294 e. The van der Waals surface area contributed by atoms with Crippen LogP contribution in [0.15, 0.2) is 53.4 Å². The lowest BCUT2D eigenvalue weighted by molar-refractivity contribution is 0.122. The molecule has 1 saturated heterocycles. The molecule has 0 radical (unpaired) electrons. The molecule has 2 aliphatic rings. The standard InChI is InChI=1S/C20H23ClN2O2S/c21-18-7-9-20(10-8-18)26(24,25)23-12-3-6-19(15-23)22-13-11-16-4-1-2-5-17(16)14-22/h1-2,4-5,7-10,19H,3,6,11-15H2/t19-/m0/s1. The van der Waals surface area contributed by atoms with E-state index >= 15 is 0 Å². The van der Waals surface area contributed by atoms with Gasteiger partial charge >= 0.3 is 0 Å². The second-order valence-corrected chi connectivity index (χ2v) is 9.48. The molecule has 1 fully saturated rings. The molecule has 1 atom stereocenters. The van der Waals surface area contributed by atoms with Gasteiger partial charge in [-0.1, -0.05) is 35.9 Å². The Morgan fingerprint density at radius 1 is 0.962 bits per heavy atom. The summed E-state index contributed by atoms with van der Waals surface area (Å²) in [6.07, 6.45) is 2.99. The molecule has 0 aromatic heterocycles. The number of benzene rings is 2. The van der Waals surface area contributed by atoms with Crippen LogP contribution in [0.3, 0.4) is 0 Å². The molecule has 2 aliphatic heterocycles. The van der Waals surface area contributed by atoms with E-state index in [4.69, 9.17) is 11.6 Å². The summed E-state index contributed by atoms with van der Waals surface area (Å²) in [4.78, 5) is 2.78. The van der Waals surface area contributed by atoms with E-state index in [2.05, 4.69) is 29.2 Å². The smallest absolute Gasteiger partial charge is 0.243 e. The maximum atomic E-state index is 13.0. The van der Waals surface area contributed by atoms with Gasteiger partial charge in [-0.15, -0.1) is 0 Å². The summed E-state index contributed by atoms with van der Waals surface area (Å²) in [5, 5.41) is 0.549. The van der Waals surface area contributed by atoms with E-state index in [0.29, 0.717) is 23.0 Å². The minimum Gasteiger partial charge on any atom is -0.294 e. The molecular weight excluding hydrogens is 368 g/mol. The minimum atomic E-state index is -3.46. The second-order valence-electron chi connectivity index (χ2n) is 7.10. The fourth-order valence-electron chi connectivity index (χ4n) is 4.02. The van der Waals surface area contributed by atoms with Gasteiger partial charge in [-0.05, 0) is 54.7 Å². The first-order valence-electron chi connectivity index (χ1n) is 9.10. The Kier molecular flexibility index (Phi) is 5.06. The van der Waals surface area contributed by atoms with Gasteiger partial charge in [0.25, 0.3) is 0 Å². The first-order chi connectivity index (χ1) is 12.5. The molecule has 2 aromatic carbocycles. The molecule has 26 heavy (non-hydrogen) atoms.